The molecule has 0 bridgehead atoms. The van der Waals surface area contributed by atoms with Gasteiger partial charge in [-0.3, -0.25) is 0 Å². The van der Waals surface area contributed by atoms with Gasteiger partial charge in [0.15, 0.2) is 5.01 Å². The summed E-state index contributed by atoms with van der Waals surface area (Å²) in [6.45, 7) is -0.231. The number of nitriles is 1. The van der Waals surface area contributed by atoms with Gasteiger partial charge in [0.1, 0.15) is 33.1 Å². The first-order chi connectivity index (χ1) is 27.4. The van der Waals surface area contributed by atoms with E-state index in [1.54, 1.807) is 86.0 Å². The fourth-order valence-corrected chi connectivity index (χ4v) is 9.98. The normalized spacial score (nSPS) is 11.8. The van der Waals surface area contributed by atoms with Gasteiger partial charge in [0.05, 0.1) is 43.7 Å². The van der Waals surface area contributed by atoms with Crippen molar-refractivity contribution in [1.29, 1.82) is 5.26 Å². The molecule has 5 aromatic carbocycles. The van der Waals surface area contributed by atoms with E-state index in [9.17, 15) is 13.7 Å². The highest BCUT2D eigenvalue weighted by Crippen LogP contribution is 2.43. The summed E-state index contributed by atoms with van der Waals surface area (Å²) in [6.07, 6.45) is 0. The highest BCUT2D eigenvalue weighted by Gasteiger charge is 2.37. The second-order valence-electron chi connectivity index (χ2n) is 12.6. The second kappa shape index (κ2) is 16.1. The van der Waals surface area contributed by atoms with Crippen molar-refractivity contribution in [2.75, 3.05) is 21.3 Å². The number of thiazole rings is 1. The van der Waals surface area contributed by atoms with Crippen LogP contribution >= 0.6 is 11.3 Å². The number of tetrazole rings is 1. The Balaban J connectivity index is 1.48. The highest BCUT2D eigenvalue weighted by molar-refractivity contribution is 7.92. The first-order valence-corrected chi connectivity index (χ1v) is 20.9. The van der Waals surface area contributed by atoms with E-state index in [4.69, 9.17) is 19.3 Å². The number of primary sulfonamides is 1. The smallest absolute Gasteiger partial charge is 0.245 e. The minimum absolute atomic E-state index is 0.136. The van der Waals surface area contributed by atoms with Crippen LogP contribution in [0, 0.1) is 11.3 Å². The van der Waals surface area contributed by atoms with Crippen LogP contribution in [0.15, 0.2) is 113 Å². The molecule has 0 fully saturated rings. The molecule has 15 nitrogen and oxygen atoms in total. The number of hydrogen-bond donors (Lipinski definition) is 1. The van der Waals surface area contributed by atoms with Crippen LogP contribution in [0.4, 0.5) is 0 Å². The van der Waals surface area contributed by atoms with E-state index >= 15 is 8.42 Å². The van der Waals surface area contributed by atoms with Gasteiger partial charge < -0.3 is 14.2 Å². The molecule has 0 atom stereocenters. The van der Waals surface area contributed by atoms with Crippen LogP contribution in [0.2, 0.25) is 0 Å². The average Bonchev–Trinajstić information content (AvgIpc) is 3.87. The van der Waals surface area contributed by atoms with Gasteiger partial charge in [-0.25, -0.2) is 27.0 Å². The number of nitrogens with two attached hydrogens (primary N) is 1. The highest BCUT2D eigenvalue weighted by atomic mass is 32.2. The number of fused-ring (bicyclic) bond motifs is 1. The maximum atomic E-state index is 15.5. The Morgan fingerprint density at radius 2 is 1.32 bits per heavy atom. The summed E-state index contributed by atoms with van der Waals surface area (Å²) in [6, 6.07) is 30.7. The third-order valence-electron chi connectivity index (χ3n) is 9.03. The van der Waals surface area contributed by atoms with Crippen molar-refractivity contribution < 1.29 is 31.0 Å². The molecule has 0 amide bonds. The lowest BCUT2D eigenvalue weighted by atomic mass is 9.98. The first kappa shape index (κ1) is 39.0. The molecule has 57 heavy (non-hydrogen) atoms. The van der Waals surface area contributed by atoms with Gasteiger partial charge >= 0.3 is 0 Å². The monoisotopic (exact) mass is 822 g/mol. The lowest BCUT2D eigenvalue weighted by Gasteiger charge is -2.26. The molecule has 0 aliphatic heterocycles. The minimum atomic E-state index is -4.85. The maximum absolute atomic E-state index is 15.5. The third-order valence-corrected chi connectivity index (χ3v) is 12.9. The fraction of sp³-hybridized carbons (Fsp3) is 0.154. The molecule has 0 saturated heterocycles. The van der Waals surface area contributed by atoms with Gasteiger partial charge in [0.25, 0.3) is 0 Å². The number of aromatic nitrogens is 5. The quantitative estimate of drug-likeness (QED) is 0.142. The number of para-hydroxylation sites is 1. The zero-order valence-corrected chi connectivity index (χ0v) is 33.2. The lowest BCUT2D eigenvalue weighted by Crippen LogP contribution is -2.32. The molecule has 290 valence electrons. The van der Waals surface area contributed by atoms with E-state index in [1.165, 1.54) is 25.1 Å². The van der Waals surface area contributed by atoms with Crippen LogP contribution in [0.5, 0.6) is 17.2 Å². The molecule has 0 radical (unpaired) electrons. The molecular weight excluding hydrogens is 789 g/mol. The Bertz CT molecular complexity index is 2790. The topological polar surface area (TPSA) is 206 Å². The van der Waals surface area contributed by atoms with Gasteiger partial charge in [-0.15, -0.1) is 21.5 Å². The number of rotatable bonds is 14. The van der Waals surface area contributed by atoms with Crippen LogP contribution < -0.4 is 19.3 Å². The predicted octanol–water partition coefficient (Wildman–Crippen LogP) is 5.60. The standard InChI is InChI=1S/C39H34N8O7S3/c1-52-28-13-7-25(8-14-28)22-46(23-26-9-15-29(53-2)16-10-26)57(50,51)38-34(56(41,48)49)20-19-31(32-5-4-6-33-37(32)42-35(21-40)55-33)36(38)39-43-45-47(44-39)24-27-11-17-30(54-3)18-12-27/h4-20H,22-24H2,1-3H3,(H2,41,48,49). The van der Waals surface area contributed by atoms with Crippen LogP contribution in [-0.2, 0) is 39.7 Å². The number of ether oxygens (including phenoxy) is 3. The molecule has 0 aliphatic carbocycles. The molecule has 0 spiro atoms. The Morgan fingerprint density at radius 3 is 1.84 bits per heavy atom. The van der Waals surface area contributed by atoms with Crippen LogP contribution in [0.3, 0.4) is 0 Å². The molecular formula is C39H34N8O7S3. The average molecular weight is 823 g/mol. The number of sulfonamides is 2. The van der Waals surface area contributed by atoms with Gasteiger partial charge in [-0.1, -0.05) is 54.6 Å². The summed E-state index contributed by atoms with van der Waals surface area (Å²) in [5, 5.41) is 28.9. The summed E-state index contributed by atoms with van der Waals surface area (Å²) in [5.41, 5.74) is 2.81. The zero-order valence-electron chi connectivity index (χ0n) is 30.7. The van der Waals surface area contributed by atoms with Crippen LogP contribution in [0.1, 0.15) is 21.7 Å². The Labute approximate surface area is 332 Å². The van der Waals surface area contributed by atoms with Gasteiger partial charge in [0.2, 0.25) is 25.9 Å². The fourth-order valence-electron chi connectivity index (χ4n) is 6.23. The predicted molar refractivity (Wildman–Crippen MR) is 212 cm³/mol. The summed E-state index contributed by atoms with van der Waals surface area (Å²) >= 11 is 1.16. The maximum Gasteiger partial charge on any atom is 0.245 e. The molecule has 2 N–H and O–H groups in total. The summed E-state index contributed by atoms with van der Waals surface area (Å²) in [5.74, 6) is 1.59. The van der Waals surface area contributed by atoms with Crippen molar-refractivity contribution in [3.05, 3.63) is 125 Å². The summed E-state index contributed by atoms with van der Waals surface area (Å²) in [7, 11) is -4.98. The molecule has 0 unspecified atom stereocenters. The third kappa shape index (κ3) is 8.19. The van der Waals surface area contributed by atoms with Gasteiger partial charge in [-0.2, -0.15) is 14.4 Å². The summed E-state index contributed by atoms with van der Waals surface area (Å²) in [4.78, 5) is 4.46. The van der Waals surface area contributed by atoms with Crippen molar-refractivity contribution in [3.63, 3.8) is 0 Å². The molecule has 2 heterocycles. The lowest BCUT2D eigenvalue weighted by molar-refractivity contribution is 0.396. The number of benzene rings is 5. The van der Waals surface area contributed by atoms with E-state index in [1.807, 2.05) is 12.1 Å². The van der Waals surface area contributed by atoms with E-state index < -0.39 is 29.8 Å². The van der Waals surface area contributed by atoms with Crippen molar-refractivity contribution >= 4 is 41.6 Å². The summed E-state index contributed by atoms with van der Waals surface area (Å²) < 4.78 is 75.8. The van der Waals surface area contributed by atoms with E-state index in [0.29, 0.717) is 44.2 Å². The molecule has 2 aromatic heterocycles. The van der Waals surface area contributed by atoms with Crippen molar-refractivity contribution in [3.8, 4) is 45.8 Å². The Hall–Kier alpha value is -6.23. The molecule has 18 heteroatoms. The van der Waals surface area contributed by atoms with Crippen LogP contribution in [0.25, 0.3) is 32.7 Å². The SMILES string of the molecule is COc1ccc(CN(Cc2ccc(OC)cc2)S(=O)(=O)c2c(S(N)(=O)=O)ccc(-c3cccc4sc(C#N)nc34)c2-c2nnn(Cc3ccc(OC)cc3)n2)cc1. The van der Waals surface area contributed by atoms with Crippen molar-refractivity contribution in [2.24, 2.45) is 5.14 Å². The molecule has 0 saturated carbocycles. The van der Waals surface area contributed by atoms with Crippen LogP contribution in [-0.4, -0.2) is 67.7 Å². The second-order valence-corrected chi connectivity index (χ2v) is 17.0. The number of nitrogens with zero attached hydrogens (tertiary/aromatic N) is 7. The van der Waals surface area contributed by atoms with E-state index in [2.05, 4.69) is 26.5 Å². The minimum Gasteiger partial charge on any atom is -0.497 e. The number of hydrogen-bond acceptors (Lipinski definition) is 13. The Kier molecular flexibility index (Phi) is 11.0. The van der Waals surface area contributed by atoms with Crippen molar-refractivity contribution in [1.82, 2.24) is 29.5 Å². The van der Waals surface area contributed by atoms with Gasteiger partial charge in [0, 0.05) is 18.7 Å². The first-order valence-electron chi connectivity index (χ1n) is 17.1. The molecule has 7 rings (SSSR count). The van der Waals surface area contributed by atoms with Gasteiger partial charge in [-0.05, 0) is 76.0 Å². The largest absolute Gasteiger partial charge is 0.497 e. The zero-order chi connectivity index (χ0) is 40.3. The Morgan fingerprint density at radius 1 is 0.754 bits per heavy atom. The number of methoxy groups -OCH3 is 3. The molecule has 0 aliphatic rings. The van der Waals surface area contributed by atoms with E-state index in [-0.39, 0.29) is 41.6 Å². The van der Waals surface area contributed by atoms with Crippen molar-refractivity contribution in [2.45, 2.75) is 29.4 Å². The van der Waals surface area contributed by atoms with E-state index in [0.717, 1.165) is 27.3 Å². The molecule has 7 aromatic rings.